The monoisotopic (exact) mass is 595 g/mol. The van der Waals surface area contributed by atoms with Crippen molar-refractivity contribution in [1.29, 1.82) is 0 Å². The standard InChI is InChI=1S/C12H21NO20S3/c14-1-2-4(15)6(32-35(23,24)25)3(13-34(20,21)22)12(29-2)31-7-5(16)8(33-36(26,27)28)11(19)30-9(7)10(17)18/h2-9,11-16,19H,1H2,(H,17,18)(H,20,21,22)(H,23,24,25)(H,26,27,28)/t2-,3-,4-,5-,6-,7-,8+,9+,11+,12-/m1/s1. The second kappa shape index (κ2) is 11.3. The van der Waals surface area contributed by atoms with Crippen LogP contribution >= 0.6 is 0 Å². The molecule has 0 spiro atoms. The maximum absolute atomic E-state index is 11.6. The van der Waals surface area contributed by atoms with Crippen molar-refractivity contribution in [3.05, 3.63) is 0 Å². The van der Waals surface area contributed by atoms with Gasteiger partial charge in [0.2, 0.25) is 0 Å². The van der Waals surface area contributed by atoms with Crippen LogP contribution in [0.2, 0.25) is 0 Å². The van der Waals surface area contributed by atoms with Crippen molar-refractivity contribution in [2.45, 2.75) is 61.3 Å². The van der Waals surface area contributed by atoms with Crippen LogP contribution in [0.1, 0.15) is 0 Å². The van der Waals surface area contributed by atoms with Gasteiger partial charge in [-0.05, 0) is 0 Å². The normalized spacial score (nSPS) is 38.5. The number of hydrogen-bond donors (Lipinski definition) is 9. The van der Waals surface area contributed by atoms with E-state index >= 15 is 0 Å². The lowest BCUT2D eigenvalue weighted by atomic mass is 9.96. The summed E-state index contributed by atoms with van der Waals surface area (Å²) in [4.78, 5) is 11.6. The van der Waals surface area contributed by atoms with Crippen LogP contribution in [-0.4, -0.2) is 138 Å². The predicted molar refractivity (Wildman–Crippen MR) is 102 cm³/mol. The molecule has 2 rings (SSSR count). The molecule has 0 aromatic heterocycles. The lowest BCUT2D eigenvalue weighted by Gasteiger charge is -2.46. The molecule has 21 nitrogen and oxygen atoms in total. The summed E-state index contributed by atoms with van der Waals surface area (Å²) in [6.07, 6.45) is -21.3. The molecule has 0 radical (unpaired) electrons. The van der Waals surface area contributed by atoms with E-state index in [-0.39, 0.29) is 0 Å². The van der Waals surface area contributed by atoms with Gasteiger partial charge in [0.1, 0.15) is 36.6 Å². The molecule has 2 saturated heterocycles. The highest BCUT2D eigenvalue weighted by Gasteiger charge is 2.55. The van der Waals surface area contributed by atoms with Gasteiger partial charge in [0, 0.05) is 0 Å². The first kappa shape index (κ1) is 31.0. The summed E-state index contributed by atoms with van der Waals surface area (Å²) in [5.41, 5.74) is 0. The molecule has 0 saturated carbocycles. The molecule has 2 heterocycles. The third kappa shape index (κ3) is 8.15. The van der Waals surface area contributed by atoms with Gasteiger partial charge >= 0.3 is 37.1 Å². The van der Waals surface area contributed by atoms with Crippen LogP contribution in [0.25, 0.3) is 0 Å². The molecular formula is C12H21NO20S3. The van der Waals surface area contributed by atoms with E-state index in [1.165, 1.54) is 4.72 Å². The van der Waals surface area contributed by atoms with Gasteiger partial charge in [0.25, 0.3) is 0 Å². The number of ether oxygens (including phenoxy) is 3. The van der Waals surface area contributed by atoms with Crippen molar-refractivity contribution in [3.63, 3.8) is 0 Å². The van der Waals surface area contributed by atoms with Crippen molar-refractivity contribution in [2.75, 3.05) is 6.61 Å². The van der Waals surface area contributed by atoms with Crippen LogP contribution in [0, 0.1) is 0 Å². The Balaban J connectivity index is 2.52. The molecule has 24 heteroatoms. The van der Waals surface area contributed by atoms with Crippen LogP contribution in [0.3, 0.4) is 0 Å². The Hall–Kier alpha value is -1.20. The fourth-order valence-electron chi connectivity index (χ4n) is 3.33. The molecule has 0 aromatic rings. The first-order valence-electron chi connectivity index (χ1n) is 9.14. The summed E-state index contributed by atoms with van der Waals surface area (Å²) >= 11 is 0. The summed E-state index contributed by atoms with van der Waals surface area (Å²) in [6, 6.07) is -2.39. The fraction of sp³-hybridized carbons (Fsp3) is 0.917. The third-order valence-corrected chi connectivity index (χ3v) is 6.18. The zero-order valence-electron chi connectivity index (χ0n) is 17.2. The summed E-state index contributed by atoms with van der Waals surface area (Å²) in [5, 5.41) is 49.2. The summed E-state index contributed by atoms with van der Waals surface area (Å²) in [5.74, 6) is -1.98. The maximum Gasteiger partial charge on any atom is 0.397 e. The quantitative estimate of drug-likeness (QED) is 0.106. The smallest absolute Gasteiger partial charge is 0.397 e. The van der Waals surface area contributed by atoms with Crippen LogP contribution in [0.4, 0.5) is 0 Å². The largest absolute Gasteiger partial charge is 0.479 e. The minimum absolute atomic E-state index is 1.16. The lowest BCUT2D eigenvalue weighted by Crippen LogP contribution is -2.68. The minimum atomic E-state index is -5.49. The molecule has 212 valence electrons. The molecule has 9 N–H and O–H groups in total. The van der Waals surface area contributed by atoms with E-state index in [0.717, 1.165) is 0 Å². The highest BCUT2D eigenvalue weighted by molar-refractivity contribution is 7.83. The topological polar surface area (TPSA) is 340 Å². The number of aliphatic hydroxyl groups is 4. The predicted octanol–water partition coefficient (Wildman–Crippen LogP) is -6.25. The van der Waals surface area contributed by atoms with Gasteiger partial charge in [-0.1, -0.05) is 0 Å². The molecule has 36 heavy (non-hydrogen) atoms. The van der Waals surface area contributed by atoms with E-state index in [2.05, 4.69) is 13.1 Å². The van der Waals surface area contributed by atoms with Gasteiger partial charge in [-0.15, -0.1) is 0 Å². The number of carboxylic acids is 1. The average Bonchev–Trinajstić information content (AvgIpc) is 2.68. The highest BCUT2D eigenvalue weighted by Crippen LogP contribution is 2.32. The van der Waals surface area contributed by atoms with E-state index in [9.17, 15) is 55.6 Å². The lowest BCUT2D eigenvalue weighted by molar-refractivity contribution is -0.331. The Morgan fingerprint density at radius 2 is 1.36 bits per heavy atom. The van der Waals surface area contributed by atoms with E-state index in [0.29, 0.717) is 0 Å². The number of hydrogen-bond acceptors (Lipinski definition) is 16. The fourth-order valence-corrected chi connectivity index (χ4v) is 4.92. The van der Waals surface area contributed by atoms with E-state index < -0.39 is 105 Å². The van der Waals surface area contributed by atoms with E-state index in [1.54, 1.807) is 0 Å². The van der Waals surface area contributed by atoms with Crippen molar-refractivity contribution in [1.82, 2.24) is 4.72 Å². The SMILES string of the molecule is O=C(O)[C@H]1O[C@H](O)[C@@H](OS(=O)(=O)O)[C@H](O)[C@H]1O[C@H]1O[C@H](CO)[C@@H](O)[C@H](OS(=O)(=O)O)[C@H]1NS(=O)(=O)O. The number of aliphatic hydroxyl groups excluding tert-OH is 4. The Bertz CT molecular complexity index is 1110. The molecule has 2 aliphatic rings. The Labute approximate surface area is 201 Å². The molecule has 0 bridgehead atoms. The van der Waals surface area contributed by atoms with Gasteiger partial charge in [0.05, 0.1) is 6.61 Å². The summed E-state index contributed by atoms with van der Waals surface area (Å²) < 4.78 is 119. The van der Waals surface area contributed by atoms with E-state index in [4.69, 9.17) is 23.1 Å². The Morgan fingerprint density at radius 1 is 0.833 bits per heavy atom. The second-order valence-electron chi connectivity index (χ2n) is 7.19. The zero-order valence-corrected chi connectivity index (χ0v) is 19.6. The van der Waals surface area contributed by atoms with Crippen LogP contribution in [-0.2, 0) is 58.5 Å². The third-order valence-electron chi connectivity index (χ3n) is 4.68. The first-order chi connectivity index (χ1) is 16.2. The molecule has 0 aromatic carbocycles. The van der Waals surface area contributed by atoms with E-state index in [1.807, 2.05) is 0 Å². The number of rotatable bonds is 10. The number of nitrogens with one attached hydrogen (secondary N) is 1. The number of carboxylic acid groups (broad SMARTS) is 1. The molecule has 10 atom stereocenters. The van der Waals surface area contributed by atoms with Crippen molar-refractivity contribution in [2.24, 2.45) is 0 Å². The summed E-state index contributed by atoms with van der Waals surface area (Å²) in [7, 11) is -16.2. The molecular weight excluding hydrogens is 574 g/mol. The Morgan fingerprint density at radius 3 is 1.81 bits per heavy atom. The second-order valence-corrected chi connectivity index (χ2v) is 10.5. The number of carbonyl (C=O) groups is 1. The molecule has 2 aliphatic heterocycles. The Kier molecular flexibility index (Phi) is 9.71. The molecule has 0 amide bonds. The van der Waals surface area contributed by atoms with Crippen LogP contribution in [0.15, 0.2) is 0 Å². The molecule has 0 aliphatic carbocycles. The van der Waals surface area contributed by atoms with Crippen LogP contribution in [0.5, 0.6) is 0 Å². The molecule has 0 unspecified atom stereocenters. The average molecular weight is 595 g/mol. The molecule has 2 fully saturated rings. The van der Waals surface area contributed by atoms with Crippen molar-refractivity contribution in [3.8, 4) is 0 Å². The van der Waals surface area contributed by atoms with Gasteiger partial charge < -0.3 is 39.7 Å². The van der Waals surface area contributed by atoms with Gasteiger partial charge in [-0.25, -0.2) is 13.2 Å². The van der Waals surface area contributed by atoms with Crippen molar-refractivity contribution >= 4 is 37.1 Å². The number of aliphatic carboxylic acids is 1. The summed E-state index contributed by atoms with van der Waals surface area (Å²) in [6.45, 7) is -1.16. The zero-order chi connectivity index (χ0) is 27.8. The van der Waals surface area contributed by atoms with Crippen molar-refractivity contribution < 1.29 is 91.8 Å². The van der Waals surface area contributed by atoms with Gasteiger partial charge in [-0.3, -0.25) is 13.7 Å². The van der Waals surface area contributed by atoms with Crippen LogP contribution < -0.4 is 4.72 Å². The minimum Gasteiger partial charge on any atom is -0.479 e. The maximum atomic E-state index is 11.6. The van der Waals surface area contributed by atoms with Gasteiger partial charge in [0.15, 0.2) is 24.8 Å². The van der Waals surface area contributed by atoms with Gasteiger partial charge in [-0.2, -0.15) is 30.0 Å². The first-order valence-corrected chi connectivity index (χ1v) is 13.3. The highest BCUT2D eigenvalue weighted by atomic mass is 32.3.